The molecule has 104 valence electrons. The topological polar surface area (TPSA) is 83.6 Å². The predicted octanol–water partition coefficient (Wildman–Crippen LogP) is 1.07. The Kier molecular flexibility index (Phi) is 5.14. The second kappa shape index (κ2) is 6.18. The number of hydrogen-bond acceptors (Lipinski definition) is 3. The van der Waals surface area contributed by atoms with Crippen molar-refractivity contribution in [2.75, 3.05) is 6.54 Å². The van der Waals surface area contributed by atoms with Crippen molar-refractivity contribution >= 4 is 11.9 Å². The van der Waals surface area contributed by atoms with Crippen molar-refractivity contribution in [3.05, 3.63) is 0 Å². The monoisotopic (exact) mass is 256 g/mol. The number of amides is 1. The summed E-state index contributed by atoms with van der Waals surface area (Å²) in [4.78, 5) is 25.1. The van der Waals surface area contributed by atoms with Crippen molar-refractivity contribution < 1.29 is 14.7 Å². The fourth-order valence-electron chi connectivity index (χ4n) is 2.50. The van der Waals surface area contributed by atoms with Gasteiger partial charge in [-0.1, -0.05) is 27.2 Å². The number of hydrogen-bond donors (Lipinski definition) is 2. The van der Waals surface area contributed by atoms with E-state index in [1.807, 2.05) is 20.8 Å². The number of nitrogens with two attached hydrogens (primary N) is 1. The van der Waals surface area contributed by atoms with Gasteiger partial charge in [-0.25, -0.2) is 4.79 Å². The molecule has 1 saturated heterocycles. The molecule has 0 radical (unpaired) electrons. The van der Waals surface area contributed by atoms with Gasteiger partial charge in [-0.2, -0.15) is 0 Å². The lowest BCUT2D eigenvalue weighted by atomic mass is 9.89. The third kappa shape index (κ3) is 3.02. The van der Waals surface area contributed by atoms with Crippen LogP contribution < -0.4 is 5.73 Å². The number of aliphatic carboxylic acids is 1. The van der Waals surface area contributed by atoms with Gasteiger partial charge >= 0.3 is 5.97 Å². The summed E-state index contributed by atoms with van der Waals surface area (Å²) >= 11 is 0. The van der Waals surface area contributed by atoms with Crippen LogP contribution >= 0.6 is 0 Å². The summed E-state index contributed by atoms with van der Waals surface area (Å²) < 4.78 is 0. The first-order valence-electron chi connectivity index (χ1n) is 6.69. The Labute approximate surface area is 108 Å². The molecule has 0 spiro atoms. The lowest BCUT2D eigenvalue weighted by Gasteiger charge is -2.39. The molecule has 4 atom stereocenters. The zero-order chi connectivity index (χ0) is 13.9. The van der Waals surface area contributed by atoms with Gasteiger partial charge in [-0.15, -0.1) is 0 Å². The van der Waals surface area contributed by atoms with Gasteiger partial charge in [0.1, 0.15) is 6.04 Å². The molecular formula is C13H24N2O3. The SMILES string of the molecule is CCC(C)[C@H](N)C(=O)N1CCCC(C)C1C(=O)O. The van der Waals surface area contributed by atoms with E-state index in [-0.39, 0.29) is 17.7 Å². The Morgan fingerprint density at radius 2 is 2.11 bits per heavy atom. The molecule has 0 saturated carbocycles. The molecular weight excluding hydrogens is 232 g/mol. The normalized spacial score (nSPS) is 27.7. The zero-order valence-electron chi connectivity index (χ0n) is 11.4. The van der Waals surface area contributed by atoms with Crippen molar-refractivity contribution in [3.8, 4) is 0 Å². The van der Waals surface area contributed by atoms with Crippen LogP contribution in [0.1, 0.15) is 40.0 Å². The summed E-state index contributed by atoms with van der Waals surface area (Å²) in [5, 5.41) is 9.27. The lowest BCUT2D eigenvalue weighted by molar-refractivity contribution is -0.155. The number of rotatable bonds is 4. The van der Waals surface area contributed by atoms with E-state index < -0.39 is 18.1 Å². The van der Waals surface area contributed by atoms with E-state index in [0.29, 0.717) is 6.54 Å². The molecule has 1 fully saturated rings. The third-order valence-electron chi connectivity index (χ3n) is 4.01. The summed E-state index contributed by atoms with van der Waals surface area (Å²) in [6, 6.07) is -1.32. The fraction of sp³-hybridized carbons (Fsp3) is 0.846. The molecule has 0 aromatic heterocycles. The van der Waals surface area contributed by atoms with Crippen molar-refractivity contribution in [2.45, 2.75) is 52.1 Å². The Bertz CT molecular complexity index is 319. The van der Waals surface area contributed by atoms with Gasteiger partial charge in [0.05, 0.1) is 6.04 Å². The van der Waals surface area contributed by atoms with Gasteiger partial charge in [-0.05, 0) is 24.7 Å². The van der Waals surface area contributed by atoms with E-state index in [1.54, 1.807) is 0 Å². The standard InChI is InChI=1S/C13H24N2O3/c1-4-8(2)10(14)12(16)15-7-5-6-9(3)11(15)13(17)18/h8-11H,4-7,14H2,1-3H3,(H,17,18)/t8?,9?,10-,11?/m0/s1. The molecule has 1 heterocycles. The minimum absolute atomic E-state index is 0.00988. The third-order valence-corrected chi connectivity index (χ3v) is 4.01. The van der Waals surface area contributed by atoms with Crippen LogP contribution in [0.2, 0.25) is 0 Å². The Hall–Kier alpha value is -1.10. The van der Waals surface area contributed by atoms with Gasteiger partial charge in [0.25, 0.3) is 0 Å². The van der Waals surface area contributed by atoms with Gasteiger partial charge in [-0.3, -0.25) is 4.79 Å². The Balaban J connectivity index is 2.84. The van der Waals surface area contributed by atoms with Crippen LogP contribution in [0.5, 0.6) is 0 Å². The molecule has 1 rings (SSSR count). The average molecular weight is 256 g/mol. The fourth-order valence-corrected chi connectivity index (χ4v) is 2.50. The van der Waals surface area contributed by atoms with Crippen LogP contribution in [0.4, 0.5) is 0 Å². The Morgan fingerprint density at radius 1 is 1.50 bits per heavy atom. The summed E-state index contributed by atoms with van der Waals surface area (Å²) in [6.45, 7) is 6.29. The highest BCUT2D eigenvalue weighted by molar-refractivity contribution is 5.87. The number of likely N-dealkylation sites (tertiary alicyclic amines) is 1. The number of carboxylic acid groups (broad SMARTS) is 1. The molecule has 1 aliphatic heterocycles. The molecule has 18 heavy (non-hydrogen) atoms. The minimum atomic E-state index is -0.924. The highest BCUT2D eigenvalue weighted by atomic mass is 16.4. The van der Waals surface area contributed by atoms with E-state index in [9.17, 15) is 14.7 Å². The molecule has 0 bridgehead atoms. The lowest BCUT2D eigenvalue weighted by Crippen LogP contribution is -2.57. The predicted molar refractivity (Wildman–Crippen MR) is 69.0 cm³/mol. The van der Waals surface area contributed by atoms with Gasteiger partial charge in [0.2, 0.25) is 5.91 Å². The van der Waals surface area contributed by atoms with Crippen LogP contribution in [-0.4, -0.2) is 40.5 Å². The summed E-state index contributed by atoms with van der Waals surface area (Å²) in [7, 11) is 0. The summed E-state index contributed by atoms with van der Waals surface area (Å²) in [5.41, 5.74) is 5.93. The number of carbonyl (C=O) groups excluding carboxylic acids is 1. The molecule has 3 N–H and O–H groups in total. The van der Waals surface area contributed by atoms with Crippen molar-refractivity contribution in [2.24, 2.45) is 17.6 Å². The van der Waals surface area contributed by atoms with E-state index in [2.05, 4.69) is 0 Å². The van der Waals surface area contributed by atoms with Gasteiger partial charge < -0.3 is 15.7 Å². The molecule has 5 heteroatoms. The maximum absolute atomic E-state index is 12.3. The highest BCUT2D eigenvalue weighted by Crippen LogP contribution is 2.25. The van der Waals surface area contributed by atoms with Gasteiger partial charge in [0, 0.05) is 6.54 Å². The highest BCUT2D eigenvalue weighted by Gasteiger charge is 2.39. The molecule has 1 amide bonds. The molecule has 1 aliphatic rings. The molecule has 5 nitrogen and oxygen atoms in total. The van der Waals surface area contributed by atoms with Crippen LogP contribution in [-0.2, 0) is 9.59 Å². The number of carbonyl (C=O) groups is 2. The quantitative estimate of drug-likeness (QED) is 0.788. The maximum atomic E-state index is 12.3. The van der Waals surface area contributed by atoms with Crippen LogP contribution in [0.15, 0.2) is 0 Å². The van der Waals surface area contributed by atoms with Crippen molar-refractivity contribution in [1.82, 2.24) is 4.90 Å². The van der Waals surface area contributed by atoms with E-state index in [1.165, 1.54) is 4.90 Å². The number of piperidine rings is 1. The summed E-state index contributed by atoms with van der Waals surface area (Å²) in [5.74, 6) is -1.08. The average Bonchev–Trinajstić information content (AvgIpc) is 2.35. The first-order chi connectivity index (χ1) is 8.40. The largest absolute Gasteiger partial charge is 0.480 e. The van der Waals surface area contributed by atoms with Crippen molar-refractivity contribution in [3.63, 3.8) is 0 Å². The van der Waals surface area contributed by atoms with Crippen LogP contribution in [0.3, 0.4) is 0 Å². The van der Waals surface area contributed by atoms with Crippen LogP contribution in [0, 0.1) is 11.8 Å². The molecule has 0 aromatic rings. The molecule has 0 aromatic carbocycles. The first kappa shape index (κ1) is 15.0. The second-order valence-corrected chi connectivity index (χ2v) is 5.35. The smallest absolute Gasteiger partial charge is 0.326 e. The van der Waals surface area contributed by atoms with E-state index >= 15 is 0 Å². The minimum Gasteiger partial charge on any atom is -0.480 e. The molecule has 0 aliphatic carbocycles. The van der Waals surface area contributed by atoms with E-state index in [4.69, 9.17) is 5.73 Å². The maximum Gasteiger partial charge on any atom is 0.326 e. The molecule has 3 unspecified atom stereocenters. The van der Waals surface area contributed by atoms with E-state index in [0.717, 1.165) is 19.3 Å². The summed E-state index contributed by atoms with van der Waals surface area (Å²) in [6.07, 6.45) is 2.51. The zero-order valence-corrected chi connectivity index (χ0v) is 11.4. The number of nitrogens with zero attached hydrogens (tertiary/aromatic N) is 1. The van der Waals surface area contributed by atoms with Crippen LogP contribution in [0.25, 0.3) is 0 Å². The first-order valence-corrected chi connectivity index (χ1v) is 6.69. The second-order valence-electron chi connectivity index (χ2n) is 5.35. The Morgan fingerprint density at radius 3 is 2.61 bits per heavy atom. The van der Waals surface area contributed by atoms with Crippen molar-refractivity contribution in [1.29, 1.82) is 0 Å². The number of carboxylic acids is 1. The van der Waals surface area contributed by atoms with Gasteiger partial charge in [0.15, 0.2) is 0 Å².